The van der Waals surface area contributed by atoms with Crippen molar-refractivity contribution < 1.29 is 14.4 Å². The summed E-state index contributed by atoms with van der Waals surface area (Å²) in [6.07, 6.45) is 0.555. The molecule has 2 aromatic carbocycles. The van der Waals surface area contributed by atoms with E-state index in [1.807, 2.05) is 68.4 Å². The van der Waals surface area contributed by atoms with Crippen LogP contribution in [-0.2, 0) is 14.4 Å². The van der Waals surface area contributed by atoms with E-state index >= 15 is 0 Å². The first kappa shape index (κ1) is 26.8. The van der Waals surface area contributed by atoms with Gasteiger partial charge in [-0.3, -0.25) is 14.4 Å². The van der Waals surface area contributed by atoms with Gasteiger partial charge in [0.05, 0.1) is 11.4 Å². The molecule has 34 heavy (non-hydrogen) atoms. The lowest BCUT2D eigenvalue weighted by atomic mass is 9.93. The molecule has 0 saturated heterocycles. The highest BCUT2D eigenvalue weighted by atomic mass is 16.2. The van der Waals surface area contributed by atoms with Crippen molar-refractivity contribution in [2.75, 3.05) is 11.9 Å². The number of hydrogen-bond donors (Lipinski definition) is 2. The summed E-state index contributed by atoms with van der Waals surface area (Å²) in [5.74, 6) is -1.73. The van der Waals surface area contributed by atoms with Gasteiger partial charge in [-0.2, -0.15) is 0 Å². The largest absolute Gasteiger partial charge is 0.370 e. The number of nitrogens with one attached hydrogen (secondary N) is 1. The quantitative estimate of drug-likeness (QED) is 0.649. The molecule has 1 heterocycles. The first-order valence-electron chi connectivity index (χ1n) is 11.8. The minimum Gasteiger partial charge on any atom is -0.370 e. The number of likely N-dealkylation sites (N-methyl/N-ethyl adjacent to an activating group) is 1. The van der Waals surface area contributed by atoms with E-state index in [9.17, 15) is 14.4 Å². The molecule has 3 rings (SSSR count). The van der Waals surface area contributed by atoms with E-state index in [2.05, 4.69) is 24.2 Å². The molecular weight excluding hydrogens is 428 g/mol. The summed E-state index contributed by atoms with van der Waals surface area (Å²) in [5, 5.41) is 2.76. The molecule has 0 bridgehead atoms. The Hall–Kier alpha value is -3.48. The Morgan fingerprint density at radius 2 is 1.65 bits per heavy atom. The second-order valence-corrected chi connectivity index (χ2v) is 8.87. The van der Waals surface area contributed by atoms with Crippen LogP contribution in [0.25, 0.3) is 0 Å². The number of fused-ring (bicyclic) bond motifs is 1. The molecule has 7 heteroatoms. The molecule has 0 radical (unpaired) electrons. The summed E-state index contributed by atoms with van der Waals surface area (Å²) in [4.78, 5) is 43.9. The lowest BCUT2D eigenvalue weighted by Crippen LogP contribution is -2.48. The van der Waals surface area contributed by atoms with Crippen molar-refractivity contribution in [3.05, 3.63) is 65.7 Å². The third kappa shape index (κ3) is 7.01. The Balaban J connectivity index is 0.00000129. The molecule has 3 amide bonds. The third-order valence-electron chi connectivity index (χ3n) is 5.24. The average Bonchev–Trinajstić information content (AvgIpc) is 2.90. The predicted octanol–water partition coefficient (Wildman–Crippen LogP) is 3.90. The molecular formula is C27H36N4O3. The van der Waals surface area contributed by atoms with Crippen LogP contribution in [0.1, 0.15) is 58.1 Å². The van der Waals surface area contributed by atoms with Crippen LogP contribution in [0.15, 0.2) is 59.6 Å². The minimum absolute atomic E-state index is 0.0732. The topological polar surface area (TPSA) is 105 Å². The van der Waals surface area contributed by atoms with E-state index in [4.69, 9.17) is 5.73 Å². The number of aliphatic imine (C=N–C) groups is 1. The van der Waals surface area contributed by atoms with E-state index < -0.39 is 23.9 Å². The maximum Gasteiger partial charge on any atom is 0.272 e. The van der Waals surface area contributed by atoms with Gasteiger partial charge < -0.3 is 16.0 Å². The molecule has 2 aromatic rings. The Kier molecular flexibility index (Phi) is 9.98. The van der Waals surface area contributed by atoms with Gasteiger partial charge in [0.15, 0.2) is 0 Å². The number of nitrogens with zero attached hydrogens (tertiary/aromatic N) is 2. The third-order valence-corrected chi connectivity index (χ3v) is 5.24. The van der Waals surface area contributed by atoms with Crippen LogP contribution in [0.3, 0.4) is 0 Å². The monoisotopic (exact) mass is 464 g/mol. The number of nitrogens with two attached hydrogens (primary N) is 1. The minimum atomic E-state index is -1.11. The van der Waals surface area contributed by atoms with E-state index in [-0.39, 0.29) is 18.2 Å². The number of hydrogen-bond acceptors (Lipinski definition) is 4. The van der Waals surface area contributed by atoms with Gasteiger partial charge in [0, 0.05) is 30.5 Å². The Morgan fingerprint density at radius 1 is 1.06 bits per heavy atom. The lowest BCUT2D eigenvalue weighted by Gasteiger charge is -2.23. The zero-order valence-electron chi connectivity index (χ0n) is 20.7. The van der Waals surface area contributed by atoms with Crippen LogP contribution < -0.4 is 16.0 Å². The first-order chi connectivity index (χ1) is 16.2. The van der Waals surface area contributed by atoms with E-state index in [1.165, 1.54) is 11.3 Å². The summed E-state index contributed by atoms with van der Waals surface area (Å²) in [6, 6.07) is 17.0. The summed E-state index contributed by atoms with van der Waals surface area (Å²) in [6.45, 7) is 8.18. The van der Waals surface area contributed by atoms with Crippen molar-refractivity contribution in [2.24, 2.45) is 22.6 Å². The van der Waals surface area contributed by atoms with Crippen LogP contribution in [0.4, 0.5) is 5.69 Å². The van der Waals surface area contributed by atoms with Gasteiger partial charge in [-0.25, -0.2) is 4.99 Å². The van der Waals surface area contributed by atoms with E-state index in [1.54, 1.807) is 7.05 Å². The molecule has 3 N–H and O–H groups in total. The number of para-hydroxylation sites is 1. The van der Waals surface area contributed by atoms with Gasteiger partial charge in [0.25, 0.3) is 5.91 Å². The summed E-state index contributed by atoms with van der Waals surface area (Å²) < 4.78 is 0. The fourth-order valence-corrected chi connectivity index (χ4v) is 3.79. The zero-order valence-corrected chi connectivity index (χ0v) is 20.7. The number of primary amides is 1. The van der Waals surface area contributed by atoms with Crippen LogP contribution in [0.5, 0.6) is 0 Å². The molecule has 0 aromatic heterocycles. The lowest BCUT2D eigenvalue weighted by molar-refractivity contribution is -0.132. The van der Waals surface area contributed by atoms with Gasteiger partial charge in [0.2, 0.25) is 18.0 Å². The van der Waals surface area contributed by atoms with E-state index in [0.29, 0.717) is 17.8 Å². The predicted molar refractivity (Wildman–Crippen MR) is 137 cm³/mol. The average molecular weight is 465 g/mol. The first-order valence-corrected chi connectivity index (χ1v) is 11.8. The molecule has 1 aliphatic rings. The van der Waals surface area contributed by atoms with Crippen LogP contribution in [-0.4, -0.2) is 36.6 Å². The highest BCUT2D eigenvalue weighted by Gasteiger charge is 2.33. The van der Waals surface area contributed by atoms with Crippen molar-refractivity contribution in [2.45, 2.75) is 53.1 Å². The molecule has 2 atom stereocenters. The SMILES string of the molecule is CC(C)CC(CC(N)=O)C(=O)NC1N=C(c2ccccc2)c2ccccc2N(C)C1=O.CCC. The van der Waals surface area contributed by atoms with Crippen molar-refractivity contribution in [3.8, 4) is 0 Å². The van der Waals surface area contributed by atoms with Crippen molar-refractivity contribution >= 4 is 29.1 Å². The standard InChI is InChI=1S/C24H28N4O3.C3H8/c1-15(2)13-17(14-20(25)29)23(30)27-22-24(31)28(3)19-12-8-7-11-18(19)21(26-22)16-9-5-4-6-10-16;1-3-2/h4-12,15,17,22H,13-14H2,1-3H3,(H2,25,29)(H,27,30);3H2,1-2H3. The van der Waals surface area contributed by atoms with Gasteiger partial charge >= 0.3 is 0 Å². The molecule has 0 aliphatic carbocycles. The maximum absolute atomic E-state index is 13.2. The van der Waals surface area contributed by atoms with Gasteiger partial charge in [-0.05, 0) is 18.4 Å². The van der Waals surface area contributed by atoms with Gasteiger partial charge in [-0.15, -0.1) is 0 Å². The molecule has 1 aliphatic heterocycles. The molecule has 0 spiro atoms. The molecule has 0 saturated carbocycles. The Morgan fingerprint density at radius 3 is 2.24 bits per heavy atom. The fraction of sp³-hybridized carbons (Fsp3) is 0.407. The molecule has 7 nitrogen and oxygen atoms in total. The number of benzene rings is 2. The molecule has 182 valence electrons. The molecule has 2 unspecified atom stereocenters. The Bertz CT molecular complexity index is 1020. The number of carbonyl (C=O) groups is 3. The molecule has 0 fully saturated rings. The maximum atomic E-state index is 13.2. The van der Waals surface area contributed by atoms with E-state index in [0.717, 1.165) is 11.1 Å². The highest BCUT2D eigenvalue weighted by Crippen LogP contribution is 2.27. The number of benzodiazepines with no additional fused rings is 1. The Labute approximate surface area is 202 Å². The number of amides is 3. The van der Waals surface area contributed by atoms with Crippen LogP contribution in [0.2, 0.25) is 0 Å². The van der Waals surface area contributed by atoms with Gasteiger partial charge in [-0.1, -0.05) is 82.6 Å². The highest BCUT2D eigenvalue weighted by molar-refractivity contribution is 6.20. The summed E-state index contributed by atoms with van der Waals surface area (Å²) >= 11 is 0. The number of rotatable bonds is 7. The van der Waals surface area contributed by atoms with Crippen LogP contribution in [0, 0.1) is 11.8 Å². The normalized spacial score (nSPS) is 15.9. The number of anilines is 1. The van der Waals surface area contributed by atoms with Crippen LogP contribution >= 0.6 is 0 Å². The smallest absolute Gasteiger partial charge is 0.272 e. The second kappa shape index (κ2) is 12.7. The summed E-state index contributed by atoms with van der Waals surface area (Å²) in [5.41, 5.74) is 8.32. The van der Waals surface area contributed by atoms with Crippen molar-refractivity contribution in [3.63, 3.8) is 0 Å². The van der Waals surface area contributed by atoms with Crippen molar-refractivity contribution in [1.29, 1.82) is 0 Å². The van der Waals surface area contributed by atoms with Crippen molar-refractivity contribution in [1.82, 2.24) is 5.32 Å². The second-order valence-electron chi connectivity index (χ2n) is 8.87. The number of carbonyl (C=O) groups excluding carboxylic acids is 3. The summed E-state index contributed by atoms with van der Waals surface area (Å²) in [7, 11) is 1.67. The fourth-order valence-electron chi connectivity index (χ4n) is 3.79. The zero-order chi connectivity index (χ0) is 25.3. The van der Waals surface area contributed by atoms with Gasteiger partial charge in [0.1, 0.15) is 0 Å².